The van der Waals surface area contributed by atoms with Crippen molar-refractivity contribution in [3.05, 3.63) is 79.6 Å². The molecular weight excluding hydrogens is 394 g/mol. The van der Waals surface area contributed by atoms with Gasteiger partial charge in [0, 0.05) is 35.5 Å². The first-order valence-electron chi connectivity index (χ1n) is 9.68. The molecule has 4 rings (SSSR count). The van der Waals surface area contributed by atoms with Crippen molar-refractivity contribution in [3.8, 4) is 11.6 Å². The zero-order valence-corrected chi connectivity index (χ0v) is 16.8. The lowest BCUT2D eigenvalue weighted by Crippen LogP contribution is -2.19. The smallest absolute Gasteiger partial charge is 0.323 e. The van der Waals surface area contributed by atoms with Gasteiger partial charge in [0.15, 0.2) is 0 Å². The molecule has 2 amide bonds. The van der Waals surface area contributed by atoms with E-state index in [1.807, 2.05) is 43.5 Å². The minimum Gasteiger partial charge on any atom is -0.494 e. The van der Waals surface area contributed by atoms with Crippen LogP contribution in [0.5, 0.6) is 5.75 Å². The summed E-state index contributed by atoms with van der Waals surface area (Å²) in [5.41, 5.74) is 2.17. The van der Waals surface area contributed by atoms with Crippen LogP contribution in [-0.4, -0.2) is 32.2 Å². The van der Waals surface area contributed by atoms with Crippen molar-refractivity contribution >= 4 is 28.9 Å². The number of rotatable bonds is 7. The molecule has 2 heterocycles. The van der Waals surface area contributed by atoms with Crippen LogP contribution in [0, 0.1) is 0 Å². The highest BCUT2D eigenvalue weighted by atomic mass is 16.5. The Balaban J connectivity index is 1.34. The molecule has 0 aliphatic heterocycles. The fourth-order valence-electron chi connectivity index (χ4n) is 2.83. The zero-order chi connectivity index (χ0) is 21.5. The predicted octanol–water partition coefficient (Wildman–Crippen LogP) is 4.45. The lowest BCUT2D eigenvalue weighted by atomic mass is 10.2. The van der Waals surface area contributed by atoms with Crippen LogP contribution in [0.3, 0.4) is 0 Å². The highest BCUT2D eigenvalue weighted by Crippen LogP contribution is 2.19. The van der Waals surface area contributed by atoms with Crippen molar-refractivity contribution in [2.45, 2.75) is 6.92 Å². The number of anilines is 4. The normalized spacial score (nSPS) is 10.4. The van der Waals surface area contributed by atoms with Crippen LogP contribution in [0.4, 0.5) is 27.7 Å². The number of carbonyl (C=O) groups excluding carboxylic acids is 1. The Labute approximate surface area is 179 Å². The van der Waals surface area contributed by atoms with Crippen LogP contribution in [0.15, 0.2) is 79.6 Å². The third kappa shape index (κ3) is 5.36. The first-order valence-corrected chi connectivity index (χ1v) is 9.68. The van der Waals surface area contributed by atoms with Crippen LogP contribution in [-0.2, 0) is 0 Å². The maximum Gasteiger partial charge on any atom is 0.323 e. The molecule has 0 atom stereocenters. The van der Waals surface area contributed by atoms with Gasteiger partial charge in [-0.3, -0.25) is 4.57 Å². The molecule has 31 heavy (non-hydrogen) atoms. The second kappa shape index (κ2) is 9.40. The van der Waals surface area contributed by atoms with E-state index >= 15 is 0 Å². The Morgan fingerprint density at radius 1 is 0.968 bits per heavy atom. The van der Waals surface area contributed by atoms with Crippen molar-refractivity contribution in [1.29, 1.82) is 0 Å². The summed E-state index contributed by atoms with van der Waals surface area (Å²) in [5.74, 6) is 2.12. The molecule has 4 aromatic rings. The van der Waals surface area contributed by atoms with Gasteiger partial charge in [-0.1, -0.05) is 0 Å². The van der Waals surface area contributed by atoms with Crippen molar-refractivity contribution in [3.63, 3.8) is 0 Å². The van der Waals surface area contributed by atoms with Gasteiger partial charge in [0.25, 0.3) is 0 Å². The van der Waals surface area contributed by atoms with Gasteiger partial charge in [-0.15, -0.1) is 0 Å². The zero-order valence-electron chi connectivity index (χ0n) is 16.8. The fourth-order valence-corrected chi connectivity index (χ4v) is 2.83. The number of carbonyl (C=O) groups is 1. The highest BCUT2D eigenvalue weighted by Gasteiger charge is 2.05. The van der Waals surface area contributed by atoms with Gasteiger partial charge in [-0.25, -0.2) is 19.7 Å². The maximum atomic E-state index is 12.2. The quantitative estimate of drug-likeness (QED) is 0.412. The summed E-state index contributed by atoms with van der Waals surface area (Å²) >= 11 is 0. The summed E-state index contributed by atoms with van der Waals surface area (Å²) in [5, 5.41) is 8.81. The number of imidazole rings is 1. The first-order chi connectivity index (χ1) is 15.2. The third-order valence-electron chi connectivity index (χ3n) is 4.26. The minimum absolute atomic E-state index is 0.328. The van der Waals surface area contributed by atoms with Gasteiger partial charge in [0.2, 0.25) is 0 Å². The van der Waals surface area contributed by atoms with Crippen LogP contribution in [0.25, 0.3) is 5.82 Å². The molecule has 0 bridgehead atoms. The molecule has 156 valence electrons. The van der Waals surface area contributed by atoms with E-state index < -0.39 is 0 Å². The number of urea groups is 1. The Kier molecular flexibility index (Phi) is 6.03. The fraction of sp³-hybridized carbons (Fsp3) is 0.0909. The van der Waals surface area contributed by atoms with Crippen LogP contribution < -0.4 is 20.7 Å². The Hall–Kier alpha value is -4.40. The average molecular weight is 415 g/mol. The molecule has 0 saturated heterocycles. The van der Waals surface area contributed by atoms with E-state index in [-0.39, 0.29) is 6.03 Å². The summed E-state index contributed by atoms with van der Waals surface area (Å²) in [7, 11) is 0. The van der Waals surface area contributed by atoms with Crippen LogP contribution in [0.2, 0.25) is 0 Å². The molecule has 0 aliphatic carbocycles. The predicted molar refractivity (Wildman–Crippen MR) is 119 cm³/mol. The monoisotopic (exact) mass is 415 g/mol. The largest absolute Gasteiger partial charge is 0.494 e. The maximum absolute atomic E-state index is 12.2. The summed E-state index contributed by atoms with van der Waals surface area (Å²) in [6, 6.07) is 16.0. The number of nitrogens with zero attached hydrogens (tertiary/aromatic N) is 4. The number of aromatic nitrogens is 4. The number of hydrogen-bond acceptors (Lipinski definition) is 6. The summed E-state index contributed by atoms with van der Waals surface area (Å²) in [6.07, 6.45) is 6.65. The summed E-state index contributed by atoms with van der Waals surface area (Å²) < 4.78 is 7.19. The van der Waals surface area contributed by atoms with E-state index in [0.29, 0.717) is 29.6 Å². The van der Waals surface area contributed by atoms with Gasteiger partial charge < -0.3 is 20.7 Å². The standard InChI is InChI=1S/C22H21N7O2/c1-2-31-19-9-7-18(8-10-19)28-22(30)27-17-5-3-16(4-6-17)26-20-13-21(25-14-24-20)29-12-11-23-15-29/h3-15H,2H2,1H3,(H,24,25,26)(H2,27,28,30). The SMILES string of the molecule is CCOc1ccc(NC(=O)Nc2ccc(Nc3cc(-n4ccnc4)ncn3)cc2)cc1. The molecule has 0 aliphatic rings. The van der Waals surface area contributed by atoms with E-state index in [9.17, 15) is 4.79 Å². The van der Waals surface area contributed by atoms with Gasteiger partial charge >= 0.3 is 6.03 Å². The minimum atomic E-state index is -0.328. The molecule has 2 aromatic heterocycles. The van der Waals surface area contributed by atoms with Crippen LogP contribution >= 0.6 is 0 Å². The molecule has 0 fully saturated rings. The van der Waals surface area contributed by atoms with E-state index in [2.05, 4.69) is 30.9 Å². The van der Waals surface area contributed by atoms with Crippen LogP contribution in [0.1, 0.15) is 6.92 Å². The molecule has 0 unspecified atom stereocenters. The van der Waals surface area contributed by atoms with E-state index in [1.54, 1.807) is 41.4 Å². The number of amides is 2. The third-order valence-corrected chi connectivity index (χ3v) is 4.26. The molecule has 0 radical (unpaired) electrons. The molecule has 2 aromatic carbocycles. The molecule has 0 spiro atoms. The van der Waals surface area contributed by atoms with Gasteiger partial charge in [-0.2, -0.15) is 0 Å². The first kappa shape index (κ1) is 19.9. The van der Waals surface area contributed by atoms with Crippen molar-refractivity contribution in [2.75, 3.05) is 22.6 Å². The topological polar surface area (TPSA) is 106 Å². The highest BCUT2D eigenvalue weighted by molar-refractivity contribution is 5.99. The number of ether oxygens (including phenoxy) is 1. The molecule has 3 N–H and O–H groups in total. The molecule has 0 saturated carbocycles. The molecular formula is C22H21N7O2. The Bertz CT molecular complexity index is 1130. The summed E-state index contributed by atoms with van der Waals surface area (Å²) in [4.78, 5) is 24.7. The van der Waals surface area contributed by atoms with Gasteiger partial charge in [-0.05, 0) is 55.5 Å². The van der Waals surface area contributed by atoms with Crippen molar-refractivity contribution in [2.24, 2.45) is 0 Å². The van der Waals surface area contributed by atoms with Crippen molar-refractivity contribution < 1.29 is 9.53 Å². The lowest BCUT2D eigenvalue weighted by Gasteiger charge is -2.10. The van der Waals surface area contributed by atoms with E-state index in [0.717, 1.165) is 11.4 Å². The number of hydrogen-bond donors (Lipinski definition) is 3. The van der Waals surface area contributed by atoms with E-state index in [4.69, 9.17) is 4.74 Å². The second-order valence-corrected chi connectivity index (χ2v) is 6.47. The number of nitrogens with one attached hydrogen (secondary N) is 3. The Morgan fingerprint density at radius 2 is 1.65 bits per heavy atom. The number of benzene rings is 2. The average Bonchev–Trinajstić information content (AvgIpc) is 3.32. The van der Waals surface area contributed by atoms with Crippen molar-refractivity contribution in [1.82, 2.24) is 19.5 Å². The molecule has 9 nitrogen and oxygen atoms in total. The summed E-state index contributed by atoms with van der Waals surface area (Å²) in [6.45, 7) is 2.52. The lowest BCUT2D eigenvalue weighted by molar-refractivity contribution is 0.262. The molecule has 9 heteroatoms. The Morgan fingerprint density at radius 3 is 2.29 bits per heavy atom. The second-order valence-electron chi connectivity index (χ2n) is 6.47. The van der Waals surface area contributed by atoms with Gasteiger partial charge in [0.1, 0.15) is 30.0 Å². The van der Waals surface area contributed by atoms with E-state index in [1.165, 1.54) is 6.33 Å². The van der Waals surface area contributed by atoms with Gasteiger partial charge in [0.05, 0.1) is 6.61 Å².